The molecule has 0 saturated carbocycles. The van der Waals surface area contributed by atoms with Gasteiger partial charge in [-0.05, 0) is 18.9 Å². The van der Waals surface area contributed by atoms with Gasteiger partial charge in [0.25, 0.3) is 0 Å². The fourth-order valence-electron chi connectivity index (χ4n) is 1.68. The molecule has 0 spiro atoms. The molecule has 0 unspecified atom stereocenters. The van der Waals surface area contributed by atoms with Gasteiger partial charge in [0.05, 0.1) is 4.92 Å². The maximum atomic E-state index is 11.2. The van der Waals surface area contributed by atoms with Gasteiger partial charge in [0, 0.05) is 30.5 Å². The highest BCUT2D eigenvalue weighted by Gasteiger charge is 2.17. The smallest absolute Gasteiger partial charge is 0.311 e. The van der Waals surface area contributed by atoms with Crippen LogP contribution in [0.1, 0.15) is 19.3 Å². The van der Waals surface area contributed by atoms with Crippen LogP contribution in [0.4, 0.5) is 11.5 Å². The van der Waals surface area contributed by atoms with E-state index in [1.54, 1.807) is 0 Å². The number of hydrogen-bond acceptors (Lipinski definition) is 5. The van der Waals surface area contributed by atoms with Gasteiger partial charge in [-0.1, -0.05) is 0 Å². The van der Waals surface area contributed by atoms with Crippen molar-refractivity contribution in [2.75, 3.05) is 5.32 Å². The molecule has 88 valence electrons. The maximum Gasteiger partial charge on any atom is 0.311 e. The highest BCUT2D eigenvalue weighted by atomic mass is 16.6. The van der Waals surface area contributed by atoms with Crippen LogP contribution in [0.3, 0.4) is 0 Å². The molecule has 0 amide bonds. The first-order chi connectivity index (χ1) is 8.16. The lowest BCUT2D eigenvalue weighted by atomic mass is 10.0. The third kappa shape index (κ3) is 2.66. The number of pyridine rings is 1. The van der Waals surface area contributed by atoms with Crippen molar-refractivity contribution >= 4 is 17.3 Å². The minimum atomic E-state index is -0.499. The van der Waals surface area contributed by atoms with Crippen LogP contribution in [0.5, 0.6) is 0 Å². The molecule has 1 aromatic heterocycles. The monoisotopic (exact) mass is 233 g/mol. The fourth-order valence-corrected chi connectivity index (χ4v) is 1.68. The Bertz CT molecular complexity index is 496. The molecular formula is C11H11N3O3. The van der Waals surface area contributed by atoms with E-state index in [-0.39, 0.29) is 17.3 Å². The first-order valence-electron chi connectivity index (χ1n) is 5.26. The zero-order valence-electron chi connectivity index (χ0n) is 9.05. The molecule has 0 radical (unpaired) electrons. The summed E-state index contributed by atoms with van der Waals surface area (Å²) in [5.74, 6) is 0.218. The molecule has 0 bridgehead atoms. The molecule has 17 heavy (non-hydrogen) atoms. The van der Waals surface area contributed by atoms with Crippen molar-refractivity contribution in [3.63, 3.8) is 0 Å². The van der Waals surface area contributed by atoms with Crippen LogP contribution in [0.15, 0.2) is 30.1 Å². The highest BCUT2D eigenvalue weighted by Crippen LogP contribution is 2.24. The van der Waals surface area contributed by atoms with E-state index in [1.165, 1.54) is 24.4 Å². The number of nitro groups is 1. The predicted molar refractivity (Wildman–Crippen MR) is 61.5 cm³/mol. The average Bonchev–Trinajstić information content (AvgIpc) is 2.29. The molecule has 0 fully saturated rings. The van der Waals surface area contributed by atoms with E-state index in [4.69, 9.17) is 0 Å². The second-order valence-electron chi connectivity index (χ2n) is 3.74. The Hall–Kier alpha value is -2.24. The Morgan fingerprint density at radius 1 is 1.41 bits per heavy atom. The number of nitrogens with one attached hydrogen (secondary N) is 1. The van der Waals surface area contributed by atoms with E-state index >= 15 is 0 Å². The third-order valence-electron chi connectivity index (χ3n) is 2.47. The Kier molecular flexibility index (Phi) is 3.13. The summed E-state index contributed by atoms with van der Waals surface area (Å²) in [6, 6.07) is 2.88. The fraction of sp³-hybridized carbons (Fsp3) is 0.273. The summed E-state index contributed by atoms with van der Waals surface area (Å²) in [5.41, 5.74) is 0.592. The maximum absolute atomic E-state index is 11.2. The molecule has 1 heterocycles. The molecule has 0 saturated heterocycles. The molecular weight excluding hydrogens is 222 g/mol. The summed E-state index contributed by atoms with van der Waals surface area (Å²) in [6.07, 6.45) is 4.97. The number of carbonyl (C=O) groups excluding carboxylic acids is 1. The number of hydrogen-bond donors (Lipinski definition) is 1. The van der Waals surface area contributed by atoms with Crippen molar-refractivity contribution in [2.24, 2.45) is 0 Å². The van der Waals surface area contributed by atoms with Crippen LogP contribution in [-0.4, -0.2) is 15.7 Å². The zero-order valence-corrected chi connectivity index (χ0v) is 9.05. The van der Waals surface area contributed by atoms with Crippen molar-refractivity contribution < 1.29 is 9.72 Å². The molecule has 2 rings (SSSR count). The van der Waals surface area contributed by atoms with Crippen molar-refractivity contribution in [2.45, 2.75) is 19.3 Å². The largest absolute Gasteiger partial charge is 0.338 e. The summed E-state index contributed by atoms with van der Waals surface area (Å²) < 4.78 is 0. The van der Waals surface area contributed by atoms with Gasteiger partial charge in [-0.15, -0.1) is 0 Å². The second-order valence-corrected chi connectivity index (χ2v) is 3.74. The normalized spacial score (nSPS) is 15.3. The number of anilines is 1. The lowest BCUT2D eigenvalue weighted by Crippen LogP contribution is -2.10. The van der Waals surface area contributed by atoms with E-state index in [9.17, 15) is 14.9 Å². The summed E-state index contributed by atoms with van der Waals surface area (Å²) in [5, 5.41) is 13.6. The Labute approximate surface area is 97.5 Å². The van der Waals surface area contributed by atoms with Crippen LogP contribution in [0.2, 0.25) is 0 Å². The topological polar surface area (TPSA) is 85.1 Å². The number of ketones is 1. The van der Waals surface area contributed by atoms with E-state index in [2.05, 4.69) is 10.3 Å². The number of aromatic nitrogens is 1. The van der Waals surface area contributed by atoms with Gasteiger partial charge < -0.3 is 5.32 Å². The van der Waals surface area contributed by atoms with Crippen molar-refractivity contribution in [3.05, 3.63) is 40.2 Å². The van der Waals surface area contributed by atoms with Gasteiger partial charge in [0.1, 0.15) is 0 Å². The minimum absolute atomic E-state index is 0.0392. The lowest BCUT2D eigenvalue weighted by Gasteiger charge is -2.13. The van der Waals surface area contributed by atoms with E-state index in [1.807, 2.05) is 0 Å². The molecule has 6 nitrogen and oxygen atoms in total. The number of allylic oxidation sites excluding steroid dienone is 2. The predicted octanol–water partition coefficient (Wildman–Crippen LogP) is 2.04. The molecule has 0 aromatic carbocycles. The molecule has 0 atom stereocenters. The molecule has 1 aliphatic rings. The SMILES string of the molecule is O=C1C=C(Nc2ncccc2[N+](=O)[O-])CCC1. The highest BCUT2D eigenvalue weighted by molar-refractivity contribution is 5.91. The van der Waals surface area contributed by atoms with Gasteiger partial charge in [-0.3, -0.25) is 14.9 Å². The number of rotatable bonds is 3. The molecule has 6 heteroatoms. The minimum Gasteiger partial charge on any atom is -0.338 e. The summed E-state index contributed by atoms with van der Waals surface area (Å²) in [7, 11) is 0. The van der Waals surface area contributed by atoms with Crippen LogP contribution in [-0.2, 0) is 4.79 Å². The van der Waals surface area contributed by atoms with E-state index in [0.29, 0.717) is 18.5 Å². The summed E-state index contributed by atoms with van der Waals surface area (Å²) in [4.78, 5) is 25.4. The Balaban J connectivity index is 2.24. The van der Waals surface area contributed by atoms with Gasteiger partial charge in [0.15, 0.2) is 5.78 Å². The van der Waals surface area contributed by atoms with E-state index < -0.39 is 4.92 Å². The zero-order chi connectivity index (χ0) is 12.3. The number of carbonyl (C=O) groups is 1. The lowest BCUT2D eigenvalue weighted by molar-refractivity contribution is -0.384. The van der Waals surface area contributed by atoms with E-state index in [0.717, 1.165) is 6.42 Å². The molecule has 0 aliphatic heterocycles. The molecule has 1 aromatic rings. The summed E-state index contributed by atoms with van der Waals surface area (Å²) in [6.45, 7) is 0. The summed E-state index contributed by atoms with van der Waals surface area (Å²) >= 11 is 0. The number of nitrogens with zero attached hydrogens (tertiary/aromatic N) is 2. The van der Waals surface area contributed by atoms with Crippen molar-refractivity contribution in [1.82, 2.24) is 4.98 Å². The molecule has 1 aliphatic carbocycles. The van der Waals surface area contributed by atoms with Gasteiger partial charge in [-0.25, -0.2) is 4.98 Å². The van der Waals surface area contributed by atoms with Crippen LogP contribution >= 0.6 is 0 Å². The van der Waals surface area contributed by atoms with Gasteiger partial charge >= 0.3 is 5.69 Å². The Morgan fingerprint density at radius 3 is 2.94 bits per heavy atom. The standard InChI is InChI=1S/C11H11N3O3/c15-9-4-1-3-8(7-9)13-11-10(14(16)17)5-2-6-12-11/h2,5-7H,1,3-4H2,(H,12,13). The van der Waals surface area contributed by atoms with Crippen LogP contribution in [0.25, 0.3) is 0 Å². The second kappa shape index (κ2) is 4.73. The van der Waals surface area contributed by atoms with Crippen LogP contribution < -0.4 is 5.32 Å². The first-order valence-corrected chi connectivity index (χ1v) is 5.26. The third-order valence-corrected chi connectivity index (χ3v) is 2.47. The van der Waals surface area contributed by atoms with Crippen molar-refractivity contribution in [1.29, 1.82) is 0 Å². The van der Waals surface area contributed by atoms with Crippen molar-refractivity contribution in [3.8, 4) is 0 Å². The Morgan fingerprint density at radius 2 is 2.24 bits per heavy atom. The van der Waals surface area contributed by atoms with Gasteiger partial charge in [-0.2, -0.15) is 0 Å². The molecule has 1 N–H and O–H groups in total. The average molecular weight is 233 g/mol. The van der Waals surface area contributed by atoms with Crippen LogP contribution in [0, 0.1) is 10.1 Å². The first kappa shape index (κ1) is 11.3. The van der Waals surface area contributed by atoms with Gasteiger partial charge in [0.2, 0.25) is 5.82 Å². The quantitative estimate of drug-likeness (QED) is 0.637.